The van der Waals surface area contributed by atoms with Gasteiger partial charge in [-0.15, -0.1) is 0 Å². The van der Waals surface area contributed by atoms with Crippen molar-refractivity contribution >= 4 is 20.2 Å². The molecule has 1 unspecified atom stereocenters. The van der Waals surface area contributed by atoms with Gasteiger partial charge in [0.05, 0.1) is 5.75 Å². The smallest absolute Gasteiger partial charge is 0.269 e. The van der Waals surface area contributed by atoms with E-state index in [9.17, 15) is 16.8 Å². The van der Waals surface area contributed by atoms with Gasteiger partial charge in [0.15, 0.2) is 0 Å². The van der Waals surface area contributed by atoms with Gasteiger partial charge in [-0.25, -0.2) is 0 Å². The van der Waals surface area contributed by atoms with Crippen LogP contribution in [0.2, 0.25) is 0 Å². The Labute approximate surface area is 121 Å². The minimum Gasteiger partial charge on any atom is -0.286 e. The van der Waals surface area contributed by atoms with Crippen LogP contribution in [0.5, 0.6) is 0 Å². The first-order valence-electron chi connectivity index (χ1n) is 6.73. The summed E-state index contributed by atoms with van der Waals surface area (Å²) in [5.74, 6) is -0.993. The molecule has 0 bridgehead atoms. The van der Waals surface area contributed by atoms with Crippen molar-refractivity contribution in [3.8, 4) is 0 Å². The fraction of sp³-hybridized carbons (Fsp3) is 0.833. The van der Waals surface area contributed by atoms with Crippen LogP contribution in [-0.2, 0) is 20.2 Å². The first kappa shape index (κ1) is 19.6. The molecule has 0 saturated carbocycles. The average molecular weight is 328 g/mol. The average Bonchev–Trinajstić information content (AvgIpc) is 2.28. The van der Waals surface area contributed by atoms with Crippen molar-refractivity contribution in [3.05, 3.63) is 12.2 Å². The molecule has 1 atom stereocenters. The lowest BCUT2D eigenvalue weighted by molar-refractivity contribution is 0.457. The third-order valence-electron chi connectivity index (χ3n) is 2.86. The SMILES string of the molecule is CCCCCCCC=CCC(CS(=O)(=O)O)S(=O)(=O)O. The molecule has 0 spiro atoms. The zero-order chi connectivity index (χ0) is 15.6. The minimum atomic E-state index is -4.49. The van der Waals surface area contributed by atoms with Gasteiger partial charge in [0.25, 0.3) is 20.2 Å². The van der Waals surface area contributed by atoms with Gasteiger partial charge in [-0.05, 0) is 19.3 Å². The molecule has 0 fully saturated rings. The maximum absolute atomic E-state index is 11.0. The highest BCUT2D eigenvalue weighted by Crippen LogP contribution is 2.10. The molecule has 0 aliphatic heterocycles. The van der Waals surface area contributed by atoms with Gasteiger partial charge in [0.2, 0.25) is 0 Å². The molecule has 0 radical (unpaired) electrons. The lowest BCUT2D eigenvalue weighted by Gasteiger charge is -2.09. The third kappa shape index (κ3) is 11.4. The van der Waals surface area contributed by atoms with Gasteiger partial charge in [0, 0.05) is 0 Å². The number of hydrogen-bond donors (Lipinski definition) is 2. The van der Waals surface area contributed by atoms with E-state index in [1.807, 2.05) is 0 Å². The highest BCUT2D eigenvalue weighted by atomic mass is 32.2. The zero-order valence-corrected chi connectivity index (χ0v) is 13.4. The highest BCUT2D eigenvalue weighted by molar-refractivity contribution is 7.90. The Hall–Kier alpha value is -0.440. The summed E-state index contributed by atoms with van der Waals surface area (Å²) in [6.07, 6.45) is 9.58. The van der Waals surface area contributed by atoms with Crippen LogP contribution in [0.4, 0.5) is 0 Å². The van der Waals surface area contributed by atoms with Crippen molar-refractivity contribution < 1.29 is 25.9 Å². The largest absolute Gasteiger partial charge is 0.286 e. The second-order valence-corrected chi connectivity index (χ2v) is 7.99. The topological polar surface area (TPSA) is 109 Å². The van der Waals surface area contributed by atoms with E-state index in [0.717, 1.165) is 19.3 Å². The van der Waals surface area contributed by atoms with Gasteiger partial charge in [0.1, 0.15) is 5.25 Å². The summed E-state index contributed by atoms with van der Waals surface area (Å²) in [5, 5.41) is -1.52. The van der Waals surface area contributed by atoms with Gasteiger partial charge >= 0.3 is 0 Å². The lowest BCUT2D eigenvalue weighted by Crippen LogP contribution is -2.28. The molecule has 0 aliphatic rings. The molecule has 0 aliphatic carbocycles. The molecule has 0 heterocycles. The monoisotopic (exact) mass is 328 g/mol. The van der Waals surface area contributed by atoms with E-state index in [1.54, 1.807) is 6.08 Å². The van der Waals surface area contributed by atoms with Crippen LogP contribution in [0, 0.1) is 0 Å². The summed E-state index contributed by atoms with van der Waals surface area (Å²) in [4.78, 5) is 0. The summed E-state index contributed by atoms with van der Waals surface area (Å²) in [6.45, 7) is 2.13. The van der Waals surface area contributed by atoms with Crippen LogP contribution in [0.1, 0.15) is 51.9 Å². The van der Waals surface area contributed by atoms with E-state index < -0.39 is 31.2 Å². The van der Waals surface area contributed by atoms with Gasteiger partial charge < -0.3 is 0 Å². The molecule has 0 aromatic carbocycles. The number of unbranched alkanes of at least 4 members (excludes halogenated alkanes) is 5. The van der Waals surface area contributed by atoms with Gasteiger partial charge in [-0.3, -0.25) is 9.11 Å². The van der Waals surface area contributed by atoms with E-state index in [-0.39, 0.29) is 6.42 Å². The van der Waals surface area contributed by atoms with Crippen LogP contribution in [-0.4, -0.2) is 36.9 Å². The first-order chi connectivity index (χ1) is 9.17. The summed E-state index contributed by atoms with van der Waals surface area (Å²) in [5.41, 5.74) is 0. The molecule has 120 valence electrons. The second-order valence-electron chi connectivity index (χ2n) is 4.80. The van der Waals surface area contributed by atoms with E-state index >= 15 is 0 Å². The Bertz CT molecular complexity index is 478. The van der Waals surface area contributed by atoms with Crippen molar-refractivity contribution in [2.24, 2.45) is 0 Å². The Morgan fingerprint density at radius 2 is 1.55 bits per heavy atom. The molecule has 0 aromatic rings. The van der Waals surface area contributed by atoms with Gasteiger partial charge in [-0.1, -0.05) is 44.8 Å². The first-order valence-corrected chi connectivity index (χ1v) is 9.84. The maximum atomic E-state index is 11.0. The lowest BCUT2D eigenvalue weighted by atomic mass is 10.1. The van der Waals surface area contributed by atoms with E-state index in [0.29, 0.717) is 0 Å². The molecule has 0 saturated heterocycles. The molecular weight excluding hydrogens is 304 g/mol. The molecule has 20 heavy (non-hydrogen) atoms. The molecular formula is C12H24O6S2. The van der Waals surface area contributed by atoms with Crippen molar-refractivity contribution in [1.82, 2.24) is 0 Å². The van der Waals surface area contributed by atoms with Crippen LogP contribution in [0.15, 0.2) is 12.2 Å². The molecule has 0 rings (SSSR count). The predicted octanol–water partition coefficient (Wildman–Crippen LogP) is 2.44. The summed E-state index contributed by atoms with van der Waals surface area (Å²) < 4.78 is 60.9. The highest BCUT2D eigenvalue weighted by Gasteiger charge is 2.27. The molecule has 2 N–H and O–H groups in total. The number of rotatable bonds is 11. The minimum absolute atomic E-state index is 0.131. The summed E-state index contributed by atoms with van der Waals surface area (Å²) >= 11 is 0. The van der Waals surface area contributed by atoms with Crippen molar-refractivity contribution in [2.75, 3.05) is 5.75 Å². The fourth-order valence-corrected chi connectivity index (χ4v) is 3.91. The quantitative estimate of drug-likeness (QED) is 0.342. The second kappa shape index (κ2) is 9.49. The fourth-order valence-electron chi connectivity index (χ4n) is 1.74. The van der Waals surface area contributed by atoms with E-state index in [1.165, 1.54) is 25.3 Å². The van der Waals surface area contributed by atoms with Crippen LogP contribution < -0.4 is 0 Å². The molecule has 0 amide bonds. The normalized spacial score (nSPS) is 14.8. The zero-order valence-electron chi connectivity index (χ0n) is 11.7. The molecule has 0 aromatic heterocycles. The Morgan fingerprint density at radius 1 is 0.950 bits per heavy atom. The van der Waals surface area contributed by atoms with Crippen LogP contribution >= 0.6 is 0 Å². The standard InChI is InChI=1S/C12H24O6S2/c1-2-3-4-5-6-7-8-9-10-12(20(16,17)18)11-19(13,14)15/h8-9,12H,2-7,10-11H2,1H3,(H,13,14,15)(H,16,17,18). The summed E-state index contributed by atoms with van der Waals surface area (Å²) in [7, 11) is -8.93. The van der Waals surface area contributed by atoms with Crippen molar-refractivity contribution in [1.29, 1.82) is 0 Å². The third-order valence-corrected chi connectivity index (χ3v) is 5.09. The Balaban J connectivity index is 4.15. The van der Waals surface area contributed by atoms with Crippen LogP contribution in [0.25, 0.3) is 0 Å². The van der Waals surface area contributed by atoms with Gasteiger partial charge in [-0.2, -0.15) is 16.8 Å². The number of allylic oxidation sites excluding steroid dienone is 2. The Morgan fingerprint density at radius 3 is 2.05 bits per heavy atom. The van der Waals surface area contributed by atoms with Crippen LogP contribution in [0.3, 0.4) is 0 Å². The predicted molar refractivity (Wildman–Crippen MR) is 78.9 cm³/mol. The maximum Gasteiger partial charge on any atom is 0.269 e. The van der Waals surface area contributed by atoms with E-state index in [2.05, 4.69) is 6.92 Å². The van der Waals surface area contributed by atoms with Crippen molar-refractivity contribution in [3.63, 3.8) is 0 Å². The summed E-state index contributed by atoms with van der Waals surface area (Å²) in [6, 6.07) is 0. The molecule has 6 nitrogen and oxygen atoms in total. The Kier molecular flexibility index (Phi) is 9.28. The van der Waals surface area contributed by atoms with E-state index in [4.69, 9.17) is 9.11 Å². The number of hydrogen-bond acceptors (Lipinski definition) is 4. The molecule has 8 heteroatoms. The van der Waals surface area contributed by atoms with Crippen molar-refractivity contribution in [2.45, 2.75) is 57.1 Å².